The summed E-state index contributed by atoms with van der Waals surface area (Å²) in [6, 6.07) is 17.0. The van der Waals surface area contributed by atoms with Crippen LogP contribution in [0.15, 0.2) is 48.5 Å². The molecule has 2 fully saturated rings. The molecule has 0 bridgehead atoms. The van der Waals surface area contributed by atoms with Crippen molar-refractivity contribution in [3.63, 3.8) is 0 Å². The van der Waals surface area contributed by atoms with Crippen LogP contribution in [0.3, 0.4) is 0 Å². The summed E-state index contributed by atoms with van der Waals surface area (Å²) in [5.41, 5.74) is 4.63. The Labute approximate surface area is 160 Å². The van der Waals surface area contributed by atoms with E-state index in [1.807, 2.05) is 6.07 Å². The number of hydrogen-bond acceptors (Lipinski definition) is 3. The number of aliphatic hydroxyl groups is 1. The first-order valence-corrected chi connectivity index (χ1v) is 10.1. The largest absolute Gasteiger partial charge is 0.394 e. The van der Waals surface area contributed by atoms with Gasteiger partial charge < -0.3 is 15.3 Å². The van der Waals surface area contributed by atoms with Crippen molar-refractivity contribution in [2.75, 3.05) is 18.5 Å². The Bertz CT molecular complexity index is 847. The van der Waals surface area contributed by atoms with Gasteiger partial charge in [0.05, 0.1) is 18.7 Å². The number of nitrogens with zero attached hydrogens (tertiary/aromatic N) is 1. The Morgan fingerprint density at radius 1 is 1.07 bits per heavy atom. The van der Waals surface area contributed by atoms with Crippen LogP contribution < -0.4 is 5.32 Å². The molecular weight excluding hydrogens is 336 g/mol. The molecule has 1 amide bonds. The second-order valence-electron chi connectivity index (χ2n) is 8.23. The van der Waals surface area contributed by atoms with E-state index < -0.39 is 0 Å². The molecule has 0 spiro atoms. The average Bonchev–Trinajstić information content (AvgIpc) is 3.41. The molecule has 1 saturated carbocycles. The minimum atomic E-state index is 0.0174. The predicted octanol–water partition coefficient (Wildman–Crippen LogP) is 3.83. The highest BCUT2D eigenvalue weighted by atomic mass is 16.3. The third-order valence-electron chi connectivity index (χ3n) is 6.46. The molecule has 2 heterocycles. The maximum Gasteiger partial charge on any atom is 0.223 e. The highest BCUT2D eigenvalue weighted by molar-refractivity contribution is 5.79. The van der Waals surface area contributed by atoms with Gasteiger partial charge >= 0.3 is 0 Å². The number of nitrogens with one attached hydrogen (secondary N) is 1. The second-order valence-corrected chi connectivity index (χ2v) is 8.23. The van der Waals surface area contributed by atoms with Crippen molar-refractivity contribution < 1.29 is 9.90 Å². The zero-order valence-corrected chi connectivity index (χ0v) is 15.5. The quantitative estimate of drug-likeness (QED) is 0.869. The number of likely N-dealkylation sites (tertiary alicyclic amines) is 1. The minimum absolute atomic E-state index is 0.0174. The highest BCUT2D eigenvalue weighted by Gasteiger charge is 2.46. The van der Waals surface area contributed by atoms with Gasteiger partial charge in [0, 0.05) is 24.6 Å². The van der Waals surface area contributed by atoms with Crippen molar-refractivity contribution in [3.05, 3.63) is 54.1 Å². The summed E-state index contributed by atoms with van der Waals surface area (Å²) in [6.45, 7) is 0.903. The number of rotatable bonds is 4. The maximum atomic E-state index is 13.0. The lowest BCUT2D eigenvalue weighted by Gasteiger charge is -2.39. The normalized spacial score (nSPS) is 26.3. The number of carbonyl (C=O) groups is 1. The van der Waals surface area contributed by atoms with E-state index in [9.17, 15) is 9.90 Å². The van der Waals surface area contributed by atoms with Gasteiger partial charge in [-0.2, -0.15) is 0 Å². The summed E-state index contributed by atoms with van der Waals surface area (Å²) < 4.78 is 0. The van der Waals surface area contributed by atoms with Crippen LogP contribution in [0, 0.1) is 11.8 Å². The standard InChI is InChI=1S/C23H26N2O2/c26-14-21-18-10-11-25(22(27)12-15-6-7-15)23(18)19-13-17(8-9-20(19)24-21)16-4-2-1-3-5-16/h1-5,8-9,13,15,18,21,23-24,26H,6-7,10-12,14H2/t18-,21+,23-/m0/s1. The monoisotopic (exact) mass is 362 g/mol. The molecule has 5 rings (SSSR count). The molecule has 2 aromatic carbocycles. The summed E-state index contributed by atoms with van der Waals surface area (Å²) in [4.78, 5) is 15.1. The fourth-order valence-corrected chi connectivity index (χ4v) is 4.84. The van der Waals surface area contributed by atoms with Gasteiger partial charge in [-0.15, -0.1) is 0 Å². The van der Waals surface area contributed by atoms with Gasteiger partial charge in [0.1, 0.15) is 0 Å². The lowest BCUT2D eigenvalue weighted by molar-refractivity contribution is -0.133. The molecule has 0 unspecified atom stereocenters. The van der Waals surface area contributed by atoms with E-state index in [2.05, 4.69) is 52.7 Å². The van der Waals surface area contributed by atoms with Crippen LogP contribution in [-0.4, -0.2) is 35.1 Å². The lowest BCUT2D eigenvalue weighted by Crippen LogP contribution is -2.42. The summed E-state index contributed by atoms with van der Waals surface area (Å²) in [5, 5.41) is 13.4. The second kappa shape index (κ2) is 6.68. The predicted molar refractivity (Wildman–Crippen MR) is 106 cm³/mol. The first-order valence-electron chi connectivity index (χ1n) is 10.1. The zero-order chi connectivity index (χ0) is 18.4. The first kappa shape index (κ1) is 16.8. The number of anilines is 1. The van der Waals surface area contributed by atoms with Crippen LogP contribution in [0.25, 0.3) is 11.1 Å². The molecule has 2 aliphatic heterocycles. The molecule has 3 aliphatic rings. The van der Waals surface area contributed by atoms with Gasteiger partial charge in [-0.05, 0) is 54.0 Å². The Kier molecular flexibility index (Phi) is 4.16. The van der Waals surface area contributed by atoms with Crippen molar-refractivity contribution in [1.82, 2.24) is 4.90 Å². The van der Waals surface area contributed by atoms with Crippen LogP contribution in [-0.2, 0) is 4.79 Å². The summed E-state index contributed by atoms with van der Waals surface area (Å²) in [7, 11) is 0. The fraction of sp³-hybridized carbons (Fsp3) is 0.435. The number of amides is 1. The summed E-state index contributed by atoms with van der Waals surface area (Å²) in [6.07, 6.45) is 4.04. The van der Waals surface area contributed by atoms with E-state index in [0.29, 0.717) is 18.2 Å². The smallest absolute Gasteiger partial charge is 0.223 e. The van der Waals surface area contributed by atoms with Crippen LogP contribution >= 0.6 is 0 Å². The van der Waals surface area contributed by atoms with E-state index in [1.54, 1.807) is 0 Å². The Hall–Kier alpha value is -2.33. The topological polar surface area (TPSA) is 52.6 Å². The fourth-order valence-electron chi connectivity index (χ4n) is 4.84. The SMILES string of the molecule is O=C(CC1CC1)N1CC[C@@H]2[C@H]1c1cc(-c3ccccc3)ccc1N[C@@H]2CO. The van der Waals surface area contributed by atoms with Crippen LogP contribution in [0.1, 0.15) is 37.3 Å². The van der Waals surface area contributed by atoms with Gasteiger partial charge in [-0.3, -0.25) is 4.79 Å². The van der Waals surface area contributed by atoms with E-state index in [0.717, 1.165) is 18.7 Å². The maximum absolute atomic E-state index is 13.0. The van der Waals surface area contributed by atoms with Crippen molar-refractivity contribution >= 4 is 11.6 Å². The Morgan fingerprint density at radius 3 is 2.63 bits per heavy atom. The van der Waals surface area contributed by atoms with Crippen molar-refractivity contribution in [1.29, 1.82) is 0 Å². The van der Waals surface area contributed by atoms with Crippen molar-refractivity contribution in [3.8, 4) is 11.1 Å². The number of fused-ring (bicyclic) bond motifs is 3. The van der Waals surface area contributed by atoms with Gasteiger partial charge in [-0.1, -0.05) is 36.4 Å². The van der Waals surface area contributed by atoms with E-state index in [4.69, 9.17) is 0 Å². The third-order valence-corrected chi connectivity index (χ3v) is 6.46. The highest BCUT2D eigenvalue weighted by Crippen LogP contribution is 2.48. The molecule has 140 valence electrons. The zero-order valence-electron chi connectivity index (χ0n) is 15.5. The van der Waals surface area contributed by atoms with E-state index in [1.165, 1.54) is 29.5 Å². The van der Waals surface area contributed by atoms with Crippen LogP contribution in [0.5, 0.6) is 0 Å². The molecule has 2 N–H and O–H groups in total. The van der Waals surface area contributed by atoms with Crippen LogP contribution in [0.2, 0.25) is 0 Å². The van der Waals surface area contributed by atoms with Crippen molar-refractivity contribution in [2.24, 2.45) is 11.8 Å². The Morgan fingerprint density at radius 2 is 1.89 bits per heavy atom. The van der Waals surface area contributed by atoms with E-state index >= 15 is 0 Å². The lowest BCUT2D eigenvalue weighted by atomic mass is 9.82. The molecular formula is C23H26N2O2. The molecule has 27 heavy (non-hydrogen) atoms. The molecule has 4 nitrogen and oxygen atoms in total. The number of carbonyl (C=O) groups excluding carboxylic acids is 1. The van der Waals surface area contributed by atoms with Gasteiger partial charge in [0.25, 0.3) is 0 Å². The van der Waals surface area contributed by atoms with Crippen LogP contribution in [0.4, 0.5) is 5.69 Å². The third kappa shape index (κ3) is 3.02. The van der Waals surface area contributed by atoms with Gasteiger partial charge in [0.15, 0.2) is 0 Å². The number of aliphatic hydroxyl groups excluding tert-OH is 1. The molecule has 2 aromatic rings. The first-order chi connectivity index (χ1) is 13.2. The molecule has 3 atom stereocenters. The molecule has 1 saturated heterocycles. The van der Waals surface area contributed by atoms with Gasteiger partial charge in [-0.25, -0.2) is 0 Å². The van der Waals surface area contributed by atoms with E-state index in [-0.39, 0.29) is 24.6 Å². The molecule has 0 radical (unpaired) electrons. The molecule has 1 aliphatic carbocycles. The van der Waals surface area contributed by atoms with Crippen molar-refractivity contribution in [2.45, 2.75) is 37.8 Å². The number of hydrogen-bond donors (Lipinski definition) is 2. The summed E-state index contributed by atoms with van der Waals surface area (Å²) in [5.74, 6) is 1.17. The average molecular weight is 362 g/mol. The Balaban J connectivity index is 1.54. The number of benzene rings is 2. The van der Waals surface area contributed by atoms with Gasteiger partial charge in [0.2, 0.25) is 5.91 Å². The molecule has 0 aromatic heterocycles. The summed E-state index contributed by atoms with van der Waals surface area (Å²) >= 11 is 0. The molecule has 4 heteroatoms. The minimum Gasteiger partial charge on any atom is -0.394 e.